The molecule has 4 heterocycles. The van der Waals surface area contributed by atoms with E-state index in [-0.39, 0.29) is 5.41 Å². The van der Waals surface area contributed by atoms with Gasteiger partial charge in [-0.15, -0.1) is 0 Å². The van der Waals surface area contributed by atoms with E-state index in [1.165, 1.54) is 12.8 Å². The Morgan fingerprint density at radius 2 is 1.90 bits per heavy atom. The molecule has 1 aliphatic carbocycles. The summed E-state index contributed by atoms with van der Waals surface area (Å²) in [6, 6.07) is 18.0. The molecule has 4 aromatic rings. The second kappa shape index (κ2) is 12.0. The highest BCUT2D eigenvalue weighted by molar-refractivity contribution is 5.80. The van der Waals surface area contributed by atoms with Gasteiger partial charge in [-0.2, -0.15) is 10.4 Å². The van der Waals surface area contributed by atoms with Gasteiger partial charge in [0.1, 0.15) is 5.75 Å². The molecule has 0 unspecified atom stereocenters. The zero-order chi connectivity index (χ0) is 27.1. The topological polar surface area (TPSA) is 111 Å². The number of hydrogen-bond acceptors (Lipinski definition) is 7. The number of hydrogen-bond donors (Lipinski definition) is 1. The number of carbonyl (C=O) groups is 1. The van der Waals surface area contributed by atoms with Gasteiger partial charge in [-0.25, -0.2) is 4.98 Å². The number of H-pyrrole nitrogens is 1. The summed E-state index contributed by atoms with van der Waals surface area (Å²) in [5, 5.41) is 16.5. The van der Waals surface area contributed by atoms with Gasteiger partial charge < -0.3 is 9.64 Å². The number of nitrogens with one attached hydrogen (secondary N) is 1. The van der Waals surface area contributed by atoms with Crippen LogP contribution in [-0.4, -0.2) is 62.6 Å². The van der Waals surface area contributed by atoms with Gasteiger partial charge in [-0.05, 0) is 56.2 Å². The summed E-state index contributed by atoms with van der Waals surface area (Å²) in [5.41, 5.74) is 3.86. The monoisotopic (exact) mass is 523 g/mol. The molecule has 0 bridgehead atoms. The average molecular weight is 524 g/mol. The molecule has 1 amide bonds. The van der Waals surface area contributed by atoms with Gasteiger partial charge in [-0.1, -0.05) is 18.9 Å². The Hall–Kier alpha value is -4.29. The number of carbonyl (C=O) groups excluding carboxylic acids is 1. The molecule has 2 fully saturated rings. The lowest BCUT2D eigenvalue weighted by molar-refractivity contribution is -0.119. The quantitative estimate of drug-likeness (QED) is 0.347. The number of pyridine rings is 2. The highest BCUT2D eigenvalue weighted by Gasteiger charge is 2.27. The van der Waals surface area contributed by atoms with E-state index in [2.05, 4.69) is 45.2 Å². The number of piperazine rings is 1. The van der Waals surface area contributed by atoms with Gasteiger partial charge in [0.15, 0.2) is 0 Å². The SMILES string of the molecule is CC1(C#N)CCCC1.O=CN1CCN(Cc2ccc3cc(Oc4ccc(-c5ccn[nH]5)cn4)ccc3n2)CC1. The molecule has 6 rings (SSSR count). The van der Waals surface area contributed by atoms with Crippen molar-refractivity contribution in [2.75, 3.05) is 26.2 Å². The maximum absolute atomic E-state index is 10.9. The minimum absolute atomic E-state index is 0.0417. The fraction of sp³-hybridized carbons (Fsp3) is 0.367. The largest absolute Gasteiger partial charge is 0.439 e. The smallest absolute Gasteiger partial charge is 0.219 e. The van der Waals surface area contributed by atoms with Crippen LogP contribution in [0.4, 0.5) is 0 Å². The Kier molecular flexibility index (Phi) is 8.13. The average Bonchev–Trinajstić information content (AvgIpc) is 3.67. The summed E-state index contributed by atoms with van der Waals surface area (Å²) < 4.78 is 5.93. The van der Waals surface area contributed by atoms with Crippen molar-refractivity contribution in [1.82, 2.24) is 30.0 Å². The van der Waals surface area contributed by atoms with Gasteiger partial charge in [0.2, 0.25) is 12.3 Å². The van der Waals surface area contributed by atoms with Crippen molar-refractivity contribution in [1.29, 1.82) is 5.26 Å². The maximum atomic E-state index is 10.9. The van der Waals surface area contributed by atoms with Crippen LogP contribution >= 0.6 is 0 Å². The number of nitrogens with zero attached hydrogens (tertiary/aromatic N) is 6. The molecule has 1 aromatic carbocycles. The lowest BCUT2D eigenvalue weighted by atomic mass is 9.91. The van der Waals surface area contributed by atoms with E-state index < -0.39 is 0 Å². The third-order valence-electron chi connectivity index (χ3n) is 7.41. The van der Waals surface area contributed by atoms with Gasteiger partial charge >= 0.3 is 0 Å². The number of aromatic amines is 1. The van der Waals surface area contributed by atoms with Crippen LogP contribution in [0.1, 0.15) is 38.3 Å². The van der Waals surface area contributed by atoms with Gasteiger partial charge in [0, 0.05) is 62.1 Å². The Morgan fingerprint density at radius 1 is 1.08 bits per heavy atom. The van der Waals surface area contributed by atoms with E-state index in [4.69, 9.17) is 15.0 Å². The fourth-order valence-electron chi connectivity index (χ4n) is 4.96. The number of benzene rings is 1. The van der Waals surface area contributed by atoms with Crippen LogP contribution in [0.3, 0.4) is 0 Å². The second-order valence-corrected chi connectivity index (χ2v) is 10.4. The number of amides is 1. The number of nitriles is 1. The van der Waals surface area contributed by atoms with E-state index >= 15 is 0 Å². The van der Waals surface area contributed by atoms with Crippen LogP contribution in [-0.2, 0) is 11.3 Å². The molecule has 39 heavy (non-hydrogen) atoms. The first-order chi connectivity index (χ1) is 19.0. The minimum atomic E-state index is 0.0417. The minimum Gasteiger partial charge on any atom is -0.439 e. The standard InChI is InChI=1S/C23H22N6O2.C7H11N/c30-16-29-11-9-28(10-12-29)15-19-3-1-17-13-20(4-5-21(17)26-19)31-23-6-2-18(14-24-23)22-7-8-25-27-22;1-7(6-8)4-2-3-5-7/h1-8,13-14,16H,9-12,15H2,(H,25,27);2-5H2,1H3. The zero-order valence-corrected chi connectivity index (χ0v) is 22.2. The summed E-state index contributed by atoms with van der Waals surface area (Å²) in [5.74, 6) is 1.25. The molecule has 3 aromatic heterocycles. The van der Waals surface area contributed by atoms with Gasteiger partial charge in [0.25, 0.3) is 0 Å². The zero-order valence-electron chi connectivity index (χ0n) is 22.2. The fourth-order valence-corrected chi connectivity index (χ4v) is 4.96. The van der Waals surface area contributed by atoms with Crippen LogP contribution < -0.4 is 4.74 Å². The molecule has 1 saturated carbocycles. The van der Waals surface area contributed by atoms with E-state index in [0.717, 1.165) is 79.8 Å². The number of ether oxygens (including phenoxy) is 1. The first-order valence-corrected chi connectivity index (χ1v) is 13.4. The maximum Gasteiger partial charge on any atom is 0.219 e. The lowest BCUT2D eigenvalue weighted by Crippen LogP contribution is -2.45. The third-order valence-corrected chi connectivity index (χ3v) is 7.41. The molecule has 1 aliphatic heterocycles. The predicted molar refractivity (Wildman–Crippen MR) is 149 cm³/mol. The molecule has 9 nitrogen and oxygen atoms in total. The van der Waals surface area contributed by atoms with Gasteiger partial charge in [-0.3, -0.25) is 19.8 Å². The van der Waals surface area contributed by atoms with Crippen molar-refractivity contribution >= 4 is 17.3 Å². The van der Waals surface area contributed by atoms with E-state index in [1.54, 1.807) is 12.4 Å². The summed E-state index contributed by atoms with van der Waals surface area (Å²) in [4.78, 5) is 24.2. The van der Waals surface area contributed by atoms with Crippen LogP contribution in [0.2, 0.25) is 0 Å². The first kappa shape index (κ1) is 26.3. The molecule has 1 N–H and O–H groups in total. The van der Waals surface area contributed by atoms with Crippen LogP contribution in [0, 0.1) is 16.7 Å². The molecule has 2 aliphatic rings. The number of rotatable bonds is 6. The summed E-state index contributed by atoms with van der Waals surface area (Å²) in [6.07, 6.45) is 9.13. The summed E-state index contributed by atoms with van der Waals surface area (Å²) in [6.45, 7) is 6.13. The summed E-state index contributed by atoms with van der Waals surface area (Å²) in [7, 11) is 0. The molecular formula is C30H33N7O2. The van der Waals surface area contributed by atoms with Crippen molar-refractivity contribution in [2.24, 2.45) is 5.41 Å². The van der Waals surface area contributed by atoms with Crippen molar-refractivity contribution in [3.63, 3.8) is 0 Å². The molecule has 0 spiro atoms. The van der Waals surface area contributed by atoms with Crippen LogP contribution in [0.25, 0.3) is 22.2 Å². The lowest BCUT2D eigenvalue weighted by Gasteiger charge is -2.32. The molecule has 0 radical (unpaired) electrons. The van der Waals surface area contributed by atoms with Crippen LogP contribution in [0.5, 0.6) is 11.6 Å². The Labute approximate surface area is 228 Å². The third kappa shape index (κ3) is 6.78. The first-order valence-electron chi connectivity index (χ1n) is 13.4. The highest BCUT2D eigenvalue weighted by atomic mass is 16.5. The van der Waals surface area contributed by atoms with Crippen molar-refractivity contribution in [2.45, 2.75) is 39.2 Å². The number of aromatic nitrogens is 4. The van der Waals surface area contributed by atoms with Crippen molar-refractivity contribution < 1.29 is 9.53 Å². The second-order valence-electron chi connectivity index (χ2n) is 10.4. The molecule has 200 valence electrons. The van der Waals surface area contributed by atoms with Crippen LogP contribution in [0.15, 0.2) is 60.9 Å². The Bertz CT molecular complexity index is 1420. The Balaban J connectivity index is 0.000000332. The highest BCUT2D eigenvalue weighted by Crippen LogP contribution is 2.36. The molecule has 9 heteroatoms. The van der Waals surface area contributed by atoms with Crippen molar-refractivity contribution in [3.05, 3.63) is 66.6 Å². The van der Waals surface area contributed by atoms with E-state index in [0.29, 0.717) is 11.6 Å². The van der Waals surface area contributed by atoms with Gasteiger partial charge in [0.05, 0.1) is 28.4 Å². The molecule has 1 saturated heterocycles. The molecule has 0 atom stereocenters. The van der Waals surface area contributed by atoms with Crippen molar-refractivity contribution in [3.8, 4) is 29.0 Å². The summed E-state index contributed by atoms with van der Waals surface area (Å²) >= 11 is 0. The number of fused-ring (bicyclic) bond motifs is 1. The normalized spacial score (nSPS) is 16.8. The molecular weight excluding hydrogens is 490 g/mol. The van der Waals surface area contributed by atoms with E-state index in [9.17, 15) is 4.79 Å². The Morgan fingerprint density at radius 3 is 2.54 bits per heavy atom. The predicted octanol–water partition coefficient (Wildman–Crippen LogP) is 5.18. The van der Waals surface area contributed by atoms with E-state index in [1.807, 2.05) is 41.3 Å².